The van der Waals surface area contributed by atoms with Gasteiger partial charge in [0.15, 0.2) is 0 Å². The highest BCUT2D eigenvalue weighted by Crippen LogP contribution is 2.32. The van der Waals surface area contributed by atoms with Crippen molar-refractivity contribution in [3.05, 3.63) is 46.9 Å². The van der Waals surface area contributed by atoms with Crippen molar-refractivity contribution in [3.63, 3.8) is 0 Å². The molecule has 126 valence electrons. The summed E-state index contributed by atoms with van der Waals surface area (Å²) in [6, 6.07) is 7.85. The highest BCUT2D eigenvalue weighted by Gasteiger charge is 2.47. The average molecular weight is 344 g/mol. The molecule has 0 bridgehead atoms. The van der Waals surface area contributed by atoms with Crippen molar-refractivity contribution in [2.75, 3.05) is 13.2 Å². The summed E-state index contributed by atoms with van der Waals surface area (Å²) in [6.07, 6.45) is 5.67. The Morgan fingerprint density at radius 3 is 3.17 bits per heavy atom. The molecular weight excluding hydrogens is 324 g/mol. The Morgan fingerprint density at radius 1 is 1.42 bits per heavy atom. The number of hydrogen-bond acceptors (Lipinski definition) is 5. The fourth-order valence-electron chi connectivity index (χ4n) is 3.56. The molecule has 2 aliphatic rings. The lowest BCUT2D eigenvalue weighted by molar-refractivity contribution is -0.133. The summed E-state index contributed by atoms with van der Waals surface area (Å²) >= 11 is 1.62. The Labute approximate surface area is 145 Å². The van der Waals surface area contributed by atoms with E-state index in [9.17, 15) is 4.79 Å². The molecular formula is C18H20N2O3S. The molecule has 2 aromatic heterocycles. The fraction of sp³-hybridized carbons (Fsp3) is 0.444. The van der Waals surface area contributed by atoms with E-state index in [1.165, 1.54) is 0 Å². The third-order valence-corrected chi connectivity index (χ3v) is 5.50. The van der Waals surface area contributed by atoms with E-state index in [1.54, 1.807) is 23.7 Å². The van der Waals surface area contributed by atoms with E-state index in [1.807, 2.05) is 34.5 Å². The molecule has 0 aromatic carbocycles. The molecule has 3 atom stereocenters. The Kier molecular flexibility index (Phi) is 4.49. The molecule has 0 N–H and O–H groups in total. The number of fused-ring (bicyclic) bond motifs is 1. The summed E-state index contributed by atoms with van der Waals surface area (Å²) in [5.41, 5.74) is 0. The van der Waals surface area contributed by atoms with Crippen molar-refractivity contribution in [2.45, 2.75) is 37.5 Å². The highest BCUT2D eigenvalue weighted by molar-refractivity contribution is 7.10. The Morgan fingerprint density at radius 2 is 2.38 bits per heavy atom. The zero-order valence-corrected chi connectivity index (χ0v) is 14.2. The maximum Gasteiger partial charge on any atom is 0.228 e. The Bertz CT molecular complexity index is 677. The van der Waals surface area contributed by atoms with Crippen LogP contribution >= 0.6 is 11.3 Å². The first-order chi connectivity index (χ1) is 11.8. The van der Waals surface area contributed by atoms with Gasteiger partial charge in [0.2, 0.25) is 5.91 Å². The molecule has 4 rings (SSSR count). The van der Waals surface area contributed by atoms with Crippen molar-refractivity contribution in [1.82, 2.24) is 9.88 Å². The van der Waals surface area contributed by atoms with E-state index >= 15 is 0 Å². The number of carbonyl (C=O) groups is 1. The van der Waals surface area contributed by atoms with Gasteiger partial charge < -0.3 is 14.4 Å². The minimum Gasteiger partial charge on any atom is -0.484 e. The molecule has 0 spiro atoms. The predicted octanol–water partition coefficient (Wildman–Crippen LogP) is 2.52. The van der Waals surface area contributed by atoms with Crippen LogP contribution in [-0.4, -0.2) is 47.2 Å². The molecule has 0 aliphatic carbocycles. The number of pyridine rings is 1. The molecule has 2 fully saturated rings. The van der Waals surface area contributed by atoms with Crippen LogP contribution in [0.1, 0.15) is 17.7 Å². The van der Waals surface area contributed by atoms with Gasteiger partial charge in [-0.1, -0.05) is 6.07 Å². The smallest absolute Gasteiger partial charge is 0.228 e. The Hall–Kier alpha value is -1.92. The first-order valence-corrected chi connectivity index (χ1v) is 9.19. The van der Waals surface area contributed by atoms with Crippen molar-refractivity contribution in [3.8, 4) is 5.75 Å². The largest absolute Gasteiger partial charge is 0.484 e. The number of amides is 1. The van der Waals surface area contributed by atoms with E-state index in [-0.39, 0.29) is 24.2 Å². The molecule has 24 heavy (non-hydrogen) atoms. The van der Waals surface area contributed by atoms with Gasteiger partial charge in [0.25, 0.3) is 0 Å². The van der Waals surface area contributed by atoms with E-state index in [0.29, 0.717) is 13.0 Å². The average Bonchev–Trinajstić information content (AvgIpc) is 3.24. The summed E-state index contributed by atoms with van der Waals surface area (Å²) in [7, 11) is 0. The van der Waals surface area contributed by atoms with Gasteiger partial charge in [0, 0.05) is 17.7 Å². The second kappa shape index (κ2) is 6.91. The topological polar surface area (TPSA) is 51.7 Å². The lowest BCUT2D eigenvalue weighted by Crippen LogP contribution is -2.44. The van der Waals surface area contributed by atoms with Gasteiger partial charge in [-0.3, -0.25) is 9.78 Å². The van der Waals surface area contributed by atoms with E-state index in [2.05, 4.69) is 4.98 Å². The van der Waals surface area contributed by atoms with Gasteiger partial charge in [-0.05, 0) is 36.4 Å². The number of rotatable bonds is 4. The number of carbonyl (C=O) groups excluding carboxylic acids is 1. The monoisotopic (exact) mass is 344 g/mol. The lowest BCUT2D eigenvalue weighted by Gasteiger charge is -2.32. The van der Waals surface area contributed by atoms with Crippen molar-refractivity contribution >= 4 is 17.2 Å². The first kappa shape index (κ1) is 15.6. The molecule has 0 unspecified atom stereocenters. The second-order valence-electron chi connectivity index (χ2n) is 6.19. The van der Waals surface area contributed by atoms with Crippen molar-refractivity contribution < 1.29 is 14.3 Å². The maximum atomic E-state index is 12.8. The summed E-state index contributed by atoms with van der Waals surface area (Å²) < 4.78 is 12.0. The zero-order valence-electron chi connectivity index (χ0n) is 13.3. The van der Waals surface area contributed by atoms with Crippen LogP contribution in [0.5, 0.6) is 5.75 Å². The summed E-state index contributed by atoms with van der Waals surface area (Å²) in [5.74, 6) is 0.887. The molecule has 5 nitrogen and oxygen atoms in total. The fourth-order valence-corrected chi connectivity index (χ4v) is 4.25. The summed E-state index contributed by atoms with van der Waals surface area (Å²) in [5, 5.41) is 2.01. The molecule has 0 radical (unpaired) electrons. The van der Waals surface area contributed by atoms with Gasteiger partial charge in [-0.15, -0.1) is 11.3 Å². The standard InChI is InChI=1S/C18H20N2O3S/c21-17(10-14-5-3-9-24-14)20-12-16(18-15(20)6-2-8-22-18)23-13-4-1-7-19-11-13/h1,3-5,7,9,11,15-16,18H,2,6,8,10,12H2/t15-,16+,18+/m1/s1. The first-order valence-electron chi connectivity index (χ1n) is 8.31. The number of aromatic nitrogens is 1. The lowest BCUT2D eigenvalue weighted by atomic mass is 10.0. The van der Waals surface area contributed by atoms with Crippen LogP contribution < -0.4 is 4.74 Å². The van der Waals surface area contributed by atoms with Crippen molar-refractivity contribution in [1.29, 1.82) is 0 Å². The molecule has 4 heterocycles. The minimum absolute atomic E-state index is 0.0498. The van der Waals surface area contributed by atoms with Gasteiger partial charge in [0.05, 0.1) is 25.2 Å². The third kappa shape index (κ3) is 3.16. The van der Waals surface area contributed by atoms with Crippen molar-refractivity contribution in [2.24, 2.45) is 0 Å². The van der Waals surface area contributed by atoms with Gasteiger partial charge >= 0.3 is 0 Å². The maximum absolute atomic E-state index is 12.8. The number of ether oxygens (including phenoxy) is 2. The van der Waals surface area contributed by atoms with Crippen LogP contribution in [0.4, 0.5) is 0 Å². The SMILES string of the molecule is O=C(Cc1cccs1)N1C[C@H](Oc2cccnc2)[C@H]2OCCC[C@H]21. The normalized spacial score (nSPS) is 26.2. The molecule has 2 aromatic rings. The minimum atomic E-state index is -0.133. The van der Waals surface area contributed by atoms with Crippen LogP contribution in [0.2, 0.25) is 0 Å². The number of nitrogens with zero attached hydrogens (tertiary/aromatic N) is 2. The third-order valence-electron chi connectivity index (χ3n) is 4.62. The zero-order chi connectivity index (χ0) is 16.4. The van der Waals surface area contributed by atoms with E-state index in [4.69, 9.17) is 9.47 Å². The highest BCUT2D eigenvalue weighted by atomic mass is 32.1. The number of thiophene rings is 1. The van der Waals surface area contributed by atoms with Crippen LogP contribution in [0.25, 0.3) is 0 Å². The quantitative estimate of drug-likeness (QED) is 0.855. The number of hydrogen-bond donors (Lipinski definition) is 0. The van der Waals surface area contributed by atoms with Gasteiger partial charge in [-0.2, -0.15) is 0 Å². The Balaban J connectivity index is 1.49. The molecule has 6 heteroatoms. The second-order valence-corrected chi connectivity index (χ2v) is 7.22. The van der Waals surface area contributed by atoms with Gasteiger partial charge in [0.1, 0.15) is 18.0 Å². The van der Waals surface area contributed by atoms with E-state index < -0.39 is 0 Å². The molecule has 0 saturated carbocycles. The molecule has 1 amide bonds. The van der Waals surface area contributed by atoms with Crippen LogP contribution in [0.3, 0.4) is 0 Å². The number of likely N-dealkylation sites (tertiary alicyclic amines) is 1. The van der Waals surface area contributed by atoms with E-state index in [0.717, 1.165) is 30.1 Å². The molecule has 2 aliphatic heterocycles. The van der Waals surface area contributed by atoms with Crippen LogP contribution in [-0.2, 0) is 16.0 Å². The van der Waals surface area contributed by atoms with Crippen LogP contribution in [0.15, 0.2) is 42.0 Å². The predicted molar refractivity (Wildman–Crippen MR) is 91.2 cm³/mol. The van der Waals surface area contributed by atoms with Crippen LogP contribution in [0, 0.1) is 0 Å². The summed E-state index contributed by atoms with van der Waals surface area (Å²) in [6.45, 7) is 1.31. The van der Waals surface area contributed by atoms with Gasteiger partial charge in [-0.25, -0.2) is 0 Å². The summed E-state index contributed by atoms with van der Waals surface area (Å²) in [4.78, 5) is 19.9. The molecule has 2 saturated heterocycles.